The van der Waals surface area contributed by atoms with Crippen molar-refractivity contribution in [1.29, 1.82) is 0 Å². The Hall–Kier alpha value is 0.507. The van der Waals surface area contributed by atoms with Crippen LogP contribution >= 0.6 is 11.1 Å². The van der Waals surface area contributed by atoms with Gasteiger partial charge in [-0.1, -0.05) is 0 Å². The fourth-order valence-electron chi connectivity index (χ4n) is 15.3. The topological polar surface area (TPSA) is 0 Å². The van der Waals surface area contributed by atoms with Gasteiger partial charge in [0.15, 0.2) is 7.38 Å². The van der Waals surface area contributed by atoms with Crippen LogP contribution in [0.25, 0.3) is 0 Å². The molecular formula is C30H45ClSi. The van der Waals surface area contributed by atoms with Crippen LogP contribution in [0.4, 0.5) is 0 Å². The van der Waals surface area contributed by atoms with Crippen molar-refractivity contribution in [2.75, 3.05) is 0 Å². The number of hydrogen-bond acceptors (Lipinski definition) is 0. The van der Waals surface area contributed by atoms with Crippen LogP contribution in [-0.2, 0) is 0 Å². The zero-order valence-corrected chi connectivity index (χ0v) is 22.1. The molecule has 0 atom stereocenters. The zero-order chi connectivity index (χ0) is 20.9. The van der Waals surface area contributed by atoms with Gasteiger partial charge in [0, 0.05) is 0 Å². The van der Waals surface area contributed by atoms with E-state index in [1.165, 1.54) is 0 Å². The van der Waals surface area contributed by atoms with Gasteiger partial charge in [0.25, 0.3) is 0 Å². The molecule has 0 aromatic rings. The van der Waals surface area contributed by atoms with Crippen LogP contribution in [0.1, 0.15) is 116 Å². The van der Waals surface area contributed by atoms with Crippen molar-refractivity contribution >= 4 is 18.5 Å². The Balaban J connectivity index is 1.25. The van der Waals surface area contributed by atoms with E-state index in [2.05, 4.69) is 0 Å². The molecular weight excluding hydrogens is 424 g/mol. The summed E-state index contributed by atoms with van der Waals surface area (Å²) in [5.41, 5.74) is 0. The van der Waals surface area contributed by atoms with Crippen LogP contribution in [0.5, 0.6) is 0 Å². The van der Waals surface area contributed by atoms with Crippen molar-refractivity contribution in [2.24, 2.45) is 53.3 Å². The normalized spacial score (nSPS) is 65.0. The smallest absolute Gasteiger partial charge is 0.165 e. The molecule has 12 saturated carbocycles. The quantitative estimate of drug-likeness (QED) is 0.286. The highest BCUT2D eigenvalue weighted by atomic mass is 35.6. The Morgan fingerprint density at radius 3 is 0.656 bits per heavy atom. The minimum absolute atomic E-state index is 0.653. The van der Waals surface area contributed by atoms with Crippen LogP contribution in [-0.4, -0.2) is 7.38 Å². The molecule has 0 radical (unpaired) electrons. The average Bonchev–Trinajstić information content (AvgIpc) is 2.70. The van der Waals surface area contributed by atoms with Gasteiger partial charge >= 0.3 is 0 Å². The molecule has 0 aromatic carbocycles. The van der Waals surface area contributed by atoms with Gasteiger partial charge < -0.3 is 0 Å². The fraction of sp³-hybridized carbons (Fsp3) is 1.00. The summed E-state index contributed by atoms with van der Waals surface area (Å²) < 4.78 is 0. The molecule has 2 heteroatoms. The molecule has 0 heterocycles. The molecule has 0 nitrogen and oxygen atoms in total. The number of rotatable bonds is 3. The van der Waals surface area contributed by atoms with Crippen molar-refractivity contribution in [2.45, 2.75) is 131 Å². The molecule has 12 aliphatic carbocycles. The summed E-state index contributed by atoms with van der Waals surface area (Å²) in [6.45, 7) is 0. The van der Waals surface area contributed by atoms with Gasteiger partial charge in [-0.05, 0) is 184 Å². The maximum atomic E-state index is 9.04. The predicted octanol–water partition coefficient (Wildman–Crippen LogP) is 9.08. The van der Waals surface area contributed by atoms with Gasteiger partial charge in [-0.25, -0.2) is 0 Å². The summed E-state index contributed by atoms with van der Waals surface area (Å²) in [4.78, 5) is 0. The van der Waals surface area contributed by atoms with Crippen LogP contribution in [0, 0.1) is 53.3 Å². The van der Waals surface area contributed by atoms with Gasteiger partial charge in [-0.2, -0.15) is 11.1 Å². The second-order valence-electron chi connectivity index (χ2n) is 16.3. The third-order valence-corrected chi connectivity index (χ3v) is 24.1. The van der Waals surface area contributed by atoms with Crippen LogP contribution in [0.3, 0.4) is 0 Å². The molecule has 0 unspecified atom stereocenters. The molecule has 0 saturated heterocycles. The van der Waals surface area contributed by atoms with Crippen molar-refractivity contribution in [1.82, 2.24) is 0 Å². The summed E-state index contributed by atoms with van der Waals surface area (Å²) in [6, 6.07) is 0. The molecule has 12 rings (SSSR count). The lowest BCUT2D eigenvalue weighted by atomic mass is 9.54. The minimum Gasteiger partial charge on any atom is -0.165 e. The Morgan fingerprint density at radius 1 is 0.344 bits per heavy atom. The third-order valence-electron chi connectivity index (χ3n) is 14.3. The van der Waals surface area contributed by atoms with E-state index in [-0.39, 0.29) is 0 Å². The summed E-state index contributed by atoms with van der Waals surface area (Å²) in [6.07, 6.45) is 28.9. The van der Waals surface area contributed by atoms with E-state index >= 15 is 0 Å². The Kier molecular flexibility index (Phi) is 3.73. The van der Waals surface area contributed by atoms with Crippen molar-refractivity contribution in [3.63, 3.8) is 0 Å². The monoisotopic (exact) mass is 468 g/mol. The molecule has 0 N–H and O–H groups in total. The van der Waals surface area contributed by atoms with Crippen LogP contribution in [0.15, 0.2) is 0 Å². The van der Waals surface area contributed by atoms with Crippen LogP contribution < -0.4 is 0 Å². The predicted molar refractivity (Wildman–Crippen MR) is 134 cm³/mol. The van der Waals surface area contributed by atoms with Crippen molar-refractivity contribution < 1.29 is 0 Å². The lowest BCUT2D eigenvalue weighted by Crippen LogP contribution is -2.70. The van der Waals surface area contributed by atoms with E-state index in [9.17, 15) is 0 Å². The van der Waals surface area contributed by atoms with Crippen molar-refractivity contribution in [3.05, 3.63) is 0 Å². The molecule has 0 aliphatic heterocycles. The average molecular weight is 469 g/mol. The van der Waals surface area contributed by atoms with Gasteiger partial charge in [0.2, 0.25) is 0 Å². The minimum atomic E-state index is -2.03. The second-order valence-corrected chi connectivity index (χ2v) is 22.5. The van der Waals surface area contributed by atoms with Gasteiger partial charge in [0.1, 0.15) is 0 Å². The maximum Gasteiger partial charge on any atom is 0.174 e. The molecule has 0 aromatic heterocycles. The van der Waals surface area contributed by atoms with E-state index in [1.807, 2.05) is 0 Å². The Morgan fingerprint density at radius 2 is 0.500 bits per heavy atom. The number of hydrogen-bond donors (Lipinski definition) is 0. The molecule has 12 bridgehead atoms. The zero-order valence-electron chi connectivity index (χ0n) is 20.3. The van der Waals surface area contributed by atoms with Crippen molar-refractivity contribution in [3.8, 4) is 0 Å². The van der Waals surface area contributed by atoms with E-state index in [1.54, 1.807) is 116 Å². The van der Waals surface area contributed by atoms with E-state index in [0.717, 1.165) is 53.3 Å². The van der Waals surface area contributed by atoms with E-state index in [0.29, 0.717) is 15.1 Å². The highest BCUT2D eigenvalue weighted by molar-refractivity contribution is 7.25. The van der Waals surface area contributed by atoms with Gasteiger partial charge in [0.05, 0.1) is 0 Å². The second kappa shape index (κ2) is 6.07. The summed E-state index contributed by atoms with van der Waals surface area (Å²) in [5, 5.41) is 1.96. The first-order valence-electron chi connectivity index (χ1n) is 15.1. The lowest BCUT2D eigenvalue weighted by Gasteiger charge is -2.76. The summed E-state index contributed by atoms with van der Waals surface area (Å²) >= 11 is 9.04. The lowest BCUT2D eigenvalue weighted by molar-refractivity contribution is -0.0200. The summed E-state index contributed by atoms with van der Waals surface area (Å²) in [5.74, 6) is 9.71. The molecule has 176 valence electrons. The number of halogens is 1. The molecule has 12 fully saturated rings. The highest BCUT2D eigenvalue weighted by Gasteiger charge is 2.78. The molecule has 12 aliphatic rings. The molecule has 0 amide bonds. The first-order chi connectivity index (χ1) is 15.5. The van der Waals surface area contributed by atoms with E-state index < -0.39 is 7.38 Å². The van der Waals surface area contributed by atoms with Gasteiger partial charge in [-0.3, -0.25) is 0 Å². The standard InChI is InChI=1S/C30H45ClSi/c31-32(28-10-19-1-20(11-28)3-21(2-19)12-28,29-13-22-4-23(14-29)6-24(5-22)15-29)30-16-25-7-26(17-30)9-27(8-25)18-30/h19-27H,1-18H2. The first kappa shape index (κ1) is 19.7. The van der Waals surface area contributed by atoms with Crippen LogP contribution in [0.2, 0.25) is 15.1 Å². The Labute approximate surface area is 202 Å². The van der Waals surface area contributed by atoms with E-state index in [4.69, 9.17) is 11.1 Å². The van der Waals surface area contributed by atoms with Gasteiger partial charge in [-0.15, -0.1) is 0 Å². The maximum absolute atomic E-state index is 9.04. The highest BCUT2D eigenvalue weighted by Crippen LogP contribution is 2.86. The first-order valence-corrected chi connectivity index (χ1v) is 18.2. The Bertz CT molecular complexity index is 629. The molecule has 0 spiro atoms. The fourth-order valence-corrected chi connectivity index (χ4v) is 25.9. The third kappa shape index (κ3) is 2.26. The summed E-state index contributed by atoms with van der Waals surface area (Å²) in [7, 11) is -2.03. The largest absolute Gasteiger partial charge is 0.174 e. The molecule has 32 heavy (non-hydrogen) atoms. The SMILES string of the molecule is Cl[Si](C12CC3CC(CC(C3)C1)C2)(C12CC3CC(CC(C3)C1)C2)C12CC3CC(CC(C3)C1)C2.